The molecule has 2 nitrogen and oxygen atoms in total. The molecule has 1 saturated carbocycles. The molecule has 0 saturated heterocycles. The van der Waals surface area contributed by atoms with Crippen molar-refractivity contribution >= 4 is 11.6 Å². The van der Waals surface area contributed by atoms with Crippen molar-refractivity contribution in [3.8, 4) is 0 Å². The monoisotopic (exact) mass is 198 g/mol. The van der Waals surface area contributed by atoms with Crippen LogP contribution in [-0.2, 0) is 7.05 Å². The highest BCUT2D eigenvalue weighted by atomic mass is 35.5. The average Bonchev–Trinajstić information content (AvgIpc) is 2.53. The van der Waals surface area contributed by atoms with Gasteiger partial charge in [-0.3, -0.25) is 4.68 Å². The Morgan fingerprint density at radius 3 is 2.85 bits per heavy atom. The van der Waals surface area contributed by atoms with Gasteiger partial charge in [0.05, 0.1) is 6.20 Å². The van der Waals surface area contributed by atoms with Crippen LogP contribution < -0.4 is 0 Å². The van der Waals surface area contributed by atoms with Gasteiger partial charge in [0.15, 0.2) is 0 Å². The standard InChI is InChI=1S/C10H15ClN2/c1-13-7-8(6-12-13)9-4-2-3-5-10(9)11/h6-7,9-10H,2-5H2,1H3. The van der Waals surface area contributed by atoms with Crippen molar-refractivity contribution in [2.24, 2.45) is 7.05 Å². The first kappa shape index (κ1) is 9.07. The molecular formula is C10H15ClN2. The van der Waals surface area contributed by atoms with Gasteiger partial charge < -0.3 is 0 Å². The molecule has 1 fully saturated rings. The summed E-state index contributed by atoms with van der Waals surface area (Å²) in [6, 6.07) is 0. The largest absolute Gasteiger partial charge is 0.276 e. The second-order valence-electron chi connectivity index (χ2n) is 3.85. The molecule has 3 heteroatoms. The Morgan fingerprint density at radius 1 is 1.46 bits per heavy atom. The third-order valence-corrected chi connectivity index (χ3v) is 3.36. The summed E-state index contributed by atoms with van der Waals surface area (Å²) in [5, 5.41) is 4.50. The van der Waals surface area contributed by atoms with Gasteiger partial charge in [-0.15, -0.1) is 11.6 Å². The first-order valence-electron chi connectivity index (χ1n) is 4.90. The van der Waals surface area contributed by atoms with E-state index in [1.165, 1.54) is 24.8 Å². The van der Waals surface area contributed by atoms with Crippen LogP contribution in [0.1, 0.15) is 37.2 Å². The lowest BCUT2D eigenvalue weighted by Gasteiger charge is -2.25. The van der Waals surface area contributed by atoms with Gasteiger partial charge in [0.1, 0.15) is 0 Å². The predicted molar refractivity (Wildman–Crippen MR) is 54.1 cm³/mol. The Balaban J connectivity index is 2.14. The minimum atomic E-state index is 0.318. The molecule has 72 valence electrons. The van der Waals surface area contributed by atoms with Crippen molar-refractivity contribution in [1.29, 1.82) is 0 Å². The fraction of sp³-hybridized carbons (Fsp3) is 0.700. The van der Waals surface area contributed by atoms with E-state index in [0.29, 0.717) is 11.3 Å². The first-order chi connectivity index (χ1) is 6.27. The molecule has 1 aliphatic carbocycles. The second kappa shape index (κ2) is 3.70. The van der Waals surface area contributed by atoms with Crippen LogP contribution in [0.4, 0.5) is 0 Å². The Kier molecular flexibility index (Phi) is 2.58. The molecule has 1 aromatic heterocycles. The Bertz CT molecular complexity index is 282. The number of hydrogen-bond acceptors (Lipinski definition) is 1. The fourth-order valence-corrected chi connectivity index (χ4v) is 2.52. The zero-order valence-corrected chi connectivity index (χ0v) is 8.67. The maximum atomic E-state index is 6.29. The average molecular weight is 199 g/mol. The Labute approximate surface area is 83.9 Å². The van der Waals surface area contributed by atoms with Gasteiger partial charge in [-0.1, -0.05) is 12.8 Å². The van der Waals surface area contributed by atoms with Crippen LogP contribution in [0.2, 0.25) is 0 Å². The summed E-state index contributed by atoms with van der Waals surface area (Å²) < 4.78 is 1.85. The fourth-order valence-electron chi connectivity index (χ4n) is 2.09. The molecule has 1 aliphatic rings. The first-order valence-corrected chi connectivity index (χ1v) is 5.33. The van der Waals surface area contributed by atoms with E-state index in [4.69, 9.17) is 11.6 Å². The van der Waals surface area contributed by atoms with Crippen molar-refractivity contribution in [3.05, 3.63) is 18.0 Å². The van der Waals surface area contributed by atoms with Crippen molar-refractivity contribution in [2.75, 3.05) is 0 Å². The number of halogens is 1. The van der Waals surface area contributed by atoms with E-state index in [2.05, 4.69) is 11.3 Å². The molecule has 0 bridgehead atoms. The maximum Gasteiger partial charge on any atom is 0.0524 e. The van der Waals surface area contributed by atoms with E-state index < -0.39 is 0 Å². The summed E-state index contributed by atoms with van der Waals surface area (Å²) in [5.74, 6) is 0.532. The van der Waals surface area contributed by atoms with Gasteiger partial charge in [0.2, 0.25) is 0 Å². The highest BCUT2D eigenvalue weighted by Gasteiger charge is 2.25. The zero-order chi connectivity index (χ0) is 9.26. The van der Waals surface area contributed by atoms with E-state index in [-0.39, 0.29) is 0 Å². The summed E-state index contributed by atoms with van der Waals surface area (Å²) in [6.07, 6.45) is 9.01. The van der Waals surface area contributed by atoms with Crippen molar-refractivity contribution < 1.29 is 0 Å². The number of aryl methyl sites for hydroxylation is 1. The van der Waals surface area contributed by atoms with Crippen molar-refractivity contribution in [2.45, 2.75) is 37.0 Å². The SMILES string of the molecule is Cn1cc(C2CCCCC2Cl)cn1. The Morgan fingerprint density at radius 2 is 2.23 bits per heavy atom. The number of aromatic nitrogens is 2. The summed E-state index contributed by atoms with van der Waals surface area (Å²) in [4.78, 5) is 0. The predicted octanol–water partition coefficient (Wildman–Crippen LogP) is 2.69. The second-order valence-corrected chi connectivity index (χ2v) is 4.41. The quantitative estimate of drug-likeness (QED) is 0.635. The summed E-state index contributed by atoms with van der Waals surface area (Å²) >= 11 is 6.29. The van der Waals surface area contributed by atoms with Gasteiger partial charge >= 0.3 is 0 Å². The lowest BCUT2D eigenvalue weighted by Crippen LogP contribution is -2.17. The molecular weight excluding hydrogens is 184 g/mol. The number of hydrogen-bond donors (Lipinski definition) is 0. The highest BCUT2D eigenvalue weighted by molar-refractivity contribution is 6.21. The molecule has 1 aromatic rings. The molecule has 2 rings (SSSR count). The molecule has 0 spiro atoms. The molecule has 13 heavy (non-hydrogen) atoms. The van der Waals surface area contributed by atoms with Crippen LogP contribution in [0.3, 0.4) is 0 Å². The van der Waals surface area contributed by atoms with E-state index in [1.54, 1.807) is 0 Å². The van der Waals surface area contributed by atoms with Gasteiger partial charge in [-0.25, -0.2) is 0 Å². The van der Waals surface area contributed by atoms with Crippen LogP contribution >= 0.6 is 11.6 Å². The topological polar surface area (TPSA) is 17.8 Å². The zero-order valence-electron chi connectivity index (χ0n) is 7.91. The molecule has 0 aromatic carbocycles. The third kappa shape index (κ3) is 1.88. The molecule has 0 N–H and O–H groups in total. The molecule has 0 aliphatic heterocycles. The summed E-state index contributed by atoms with van der Waals surface area (Å²) in [7, 11) is 1.95. The molecule has 0 amide bonds. The number of alkyl halides is 1. The van der Waals surface area contributed by atoms with Crippen LogP contribution in [0.15, 0.2) is 12.4 Å². The summed E-state index contributed by atoms with van der Waals surface area (Å²) in [5.41, 5.74) is 1.31. The van der Waals surface area contributed by atoms with Crippen LogP contribution in [0.25, 0.3) is 0 Å². The van der Waals surface area contributed by atoms with Crippen LogP contribution in [-0.4, -0.2) is 15.2 Å². The lowest BCUT2D eigenvalue weighted by molar-refractivity contribution is 0.450. The Hall–Kier alpha value is -0.500. The van der Waals surface area contributed by atoms with Gasteiger partial charge in [0.25, 0.3) is 0 Å². The lowest BCUT2D eigenvalue weighted by atomic mass is 9.85. The third-order valence-electron chi connectivity index (χ3n) is 2.83. The van der Waals surface area contributed by atoms with Gasteiger partial charge in [-0.2, -0.15) is 5.10 Å². The molecule has 2 unspecified atom stereocenters. The van der Waals surface area contributed by atoms with Gasteiger partial charge in [0, 0.05) is 24.5 Å². The molecule has 2 atom stereocenters. The number of rotatable bonds is 1. The minimum Gasteiger partial charge on any atom is -0.276 e. The van der Waals surface area contributed by atoms with E-state index in [9.17, 15) is 0 Å². The highest BCUT2D eigenvalue weighted by Crippen LogP contribution is 2.35. The van der Waals surface area contributed by atoms with E-state index >= 15 is 0 Å². The van der Waals surface area contributed by atoms with E-state index in [0.717, 1.165) is 6.42 Å². The smallest absolute Gasteiger partial charge is 0.0524 e. The normalized spacial score (nSPS) is 29.1. The minimum absolute atomic E-state index is 0.318. The summed E-state index contributed by atoms with van der Waals surface area (Å²) in [6.45, 7) is 0. The van der Waals surface area contributed by atoms with E-state index in [1.807, 2.05) is 17.9 Å². The van der Waals surface area contributed by atoms with Gasteiger partial charge in [-0.05, 0) is 18.4 Å². The van der Waals surface area contributed by atoms with Crippen molar-refractivity contribution in [3.63, 3.8) is 0 Å². The number of nitrogens with zero attached hydrogens (tertiary/aromatic N) is 2. The maximum absolute atomic E-state index is 6.29. The molecule has 0 radical (unpaired) electrons. The molecule has 1 heterocycles. The van der Waals surface area contributed by atoms with Crippen LogP contribution in [0, 0.1) is 0 Å². The van der Waals surface area contributed by atoms with Crippen LogP contribution in [0.5, 0.6) is 0 Å². The van der Waals surface area contributed by atoms with Crippen molar-refractivity contribution in [1.82, 2.24) is 9.78 Å².